The van der Waals surface area contributed by atoms with Crippen LogP contribution in [0.2, 0.25) is 25.7 Å². The molecular formula is C19H28N2O4Si. The number of carbonyl (C=O) groups is 1. The highest BCUT2D eigenvalue weighted by atomic mass is 28.3. The zero-order valence-corrected chi connectivity index (χ0v) is 17.2. The lowest BCUT2D eigenvalue weighted by Crippen LogP contribution is -2.22. The molecule has 0 amide bonds. The van der Waals surface area contributed by atoms with Gasteiger partial charge in [0.05, 0.1) is 31.2 Å². The normalized spacial score (nSPS) is 11.6. The predicted molar refractivity (Wildman–Crippen MR) is 104 cm³/mol. The van der Waals surface area contributed by atoms with Gasteiger partial charge in [0.2, 0.25) is 0 Å². The summed E-state index contributed by atoms with van der Waals surface area (Å²) in [7, 11) is 1.93. The van der Waals surface area contributed by atoms with Crippen LogP contribution in [-0.2, 0) is 27.5 Å². The summed E-state index contributed by atoms with van der Waals surface area (Å²) >= 11 is 0. The van der Waals surface area contributed by atoms with Crippen LogP contribution in [-0.4, -0.2) is 44.7 Å². The second-order valence-corrected chi connectivity index (χ2v) is 13.0. The minimum atomic E-state index is -1.11. The number of methoxy groups -OCH3 is 2. The van der Waals surface area contributed by atoms with Gasteiger partial charge in [-0.3, -0.25) is 0 Å². The van der Waals surface area contributed by atoms with Crippen molar-refractivity contribution in [2.45, 2.75) is 39.0 Å². The van der Waals surface area contributed by atoms with Crippen LogP contribution in [0.1, 0.15) is 16.1 Å². The molecule has 0 aliphatic heterocycles. The van der Waals surface area contributed by atoms with Crippen molar-refractivity contribution in [2.75, 3.05) is 20.8 Å². The van der Waals surface area contributed by atoms with Crippen LogP contribution < -0.4 is 0 Å². The van der Waals surface area contributed by atoms with Crippen LogP contribution in [0, 0.1) is 0 Å². The summed E-state index contributed by atoms with van der Waals surface area (Å²) in [6, 6.07) is 8.40. The Hall–Kier alpha value is -1.96. The lowest BCUT2D eigenvalue weighted by Gasteiger charge is -2.16. The average molecular weight is 377 g/mol. The molecule has 0 atom stereocenters. The SMILES string of the molecule is COCc1c(-c2ccc(C(=O)OC)cc2)cnn1COCC[Si](C)(C)C. The van der Waals surface area contributed by atoms with Gasteiger partial charge in [-0.1, -0.05) is 31.8 Å². The standard InChI is InChI=1S/C19H28N2O4Si/c1-23-13-18-17(15-6-8-16(9-7-15)19(22)24-2)12-20-21(18)14-25-10-11-26(3,4)5/h6-9,12H,10-11,13-14H2,1-5H3. The van der Waals surface area contributed by atoms with Crippen LogP contribution in [0.25, 0.3) is 11.1 Å². The second-order valence-electron chi connectivity index (χ2n) is 7.35. The lowest BCUT2D eigenvalue weighted by molar-refractivity contribution is 0.0600. The van der Waals surface area contributed by atoms with Gasteiger partial charge in [-0.2, -0.15) is 5.10 Å². The molecule has 2 rings (SSSR count). The van der Waals surface area contributed by atoms with Crippen molar-refractivity contribution in [1.82, 2.24) is 9.78 Å². The molecular weight excluding hydrogens is 348 g/mol. The van der Waals surface area contributed by atoms with E-state index in [-0.39, 0.29) is 5.97 Å². The molecule has 0 aliphatic carbocycles. The largest absolute Gasteiger partial charge is 0.465 e. The summed E-state index contributed by atoms with van der Waals surface area (Å²) in [6.07, 6.45) is 1.81. The topological polar surface area (TPSA) is 62.6 Å². The van der Waals surface area contributed by atoms with E-state index >= 15 is 0 Å². The number of hydrogen-bond acceptors (Lipinski definition) is 5. The summed E-state index contributed by atoms with van der Waals surface area (Å²) in [5.74, 6) is -0.347. The number of ether oxygens (including phenoxy) is 3. The number of nitrogens with zero attached hydrogens (tertiary/aromatic N) is 2. The molecule has 0 N–H and O–H groups in total. The number of carbonyl (C=O) groups excluding carboxylic acids is 1. The molecule has 0 radical (unpaired) electrons. The Labute approximate surface area is 156 Å². The van der Waals surface area contributed by atoms with E-state index in [4.69, 9.17) is 14.2 Å². The van der Waals surface area contributed by atoms with Gasteiger partial charge in [-0.25, -0.2) is 9.48 Å². The fourth-order valence-corrected chi connectivity index (χ4v) is 3.24. The lowest BCUT2D eigenvalue weighted by atomic mass is 10.0. The summed E-state index contributed by atoms with van der Waals surface area (Å²) in [5.41, 5.74) is 3.41. The second kappa shape index (κ2) is 9.11. The minimum absolute atomic E-state index is 0.347. The number of esters is 1. The smallest absolute Gasteiger partial charge is 0.337 e. The number of rotatable bonds is 9. The van der Waals surface area contributed by atoms with Gasteiger partial charge in [-0.05, 0) is 23.7 Å². The van der Waals surface area contributed by atoms with Gasteiger partial charge >= 0.3 is 5.97 Å². The first-order chi connectivity index (χ1) is 12.4. The van der Waals surface area contributed by atoms with Crippen molar-refractivity contribution in [2.24, 2.45) is 0 Å². The van der Waals surface area contributed by atoms with Crippen LogP contribution in [0.3, 0.4) is 0 Å². The highest BCUT2D eigenvalue weighted by Gasteiger charge is 2.15. The average Bonchev–Trinajstić information content (AvgIpc) is 3.00. The molecule has 1 aromatic heterocycles. The summed E-state index contributed by atoms with van der Waals surface area (Å²) in [6.45, 7) is 8.57. The minimum Gasteiger partial charge on any atom is -0.465 e. The van der Waals surface area contributed by atoms with Gasteiger partial charge in [0.25, 0.3) is 0 Å². The summed E-state index contributed by atoms with van der Waals surface area (Å²) < 4.78 is 17.7. The zero-order chi connectivity index (χ0) is 19.2. The maximum absolute atomic E-state index is 11.6. The van der Waals surface area contributed by atoms with Crippen molar-refractivity contribution in [1.29, 1.82) is 0 Å². The van der Waals surface area contributed by atoms with Crippen LogP contribution >= 0.6 is 0 Å². The van der Waals surface area contributed by atoms with Crippen molar-refractivity contribution in [3.63, 3.8) is 0 Å². The third-order valence-corrected chi connectivity index (χ3v) is 5.76. The van der Waals surface area contributed by atoms with Crippen molar-refractivity contribution < 1.29 is 19.0 Å². The van der Waals surface area contributed by atoms with E-state index in [2.05, 4.69) is 24.7 Å². The molecule has 142 valence electrons. The molecule has 1 aromatic carbocycles. The number of aromatic nitrogens is 2. The first kappa shape index (κ1) is 20.4. The Balaban J connectivity index is 2.14. The molecule has 0 saturated heterocycles. The molecule has 0 fully saturated rings. The molecule has 0 saturated carbocycles. The van der Waals surface area contributed by atoms with Gasteiger partial charge in [0.15, 0.2) is 0 Å². The molecule has 7 heteroatoms. The van der Waals surface area contributed by atoms with E-state index in [0.29, 0.717) is 18.9 Å². The van der Waals surface area contributed by atoms with Crippen molar-refractivity contribution in [3.05, 3.63) is 41.7 Å². The Morgan fingerprint density at radius 3 is 2.42 bits per heavy atom. The Bertz CT molecular complexity index is 720. The first-order valence-electron chi connectivity index (χ1n) is 8.66. The fourth-order valence-electron chi connectivity index (χ4n) is 2.49. The number of benzene rings is 1. The quantitative estimate of drug-likeness (QED) is 0.378. The maximum Gasteiger partial charge on any atom is 0.337 e. The first-order valence-corrected chi connectivity index (χ1v) is 12.4. The van der Waals surface area contributed by atoms with E-state index in [1.54, 1.807) is 19.2 Å². The van der Waals surface area contributed by atoms with Crippen molar-refractivity contribution >= 4 is 14.0 Å². The zero-order valence-electron chi connectivity index (χ0n) is 16.2. The van der Waals surface area contributed by atoms with Crippen LogP contribution in [0.4, 0.5) is 0 Å². The predicted octanol–water partition coefficient (Wildman–Crippen LogP) is 3.80. The van der Waals surface area contributed by atoms with E-state index in [0.717, 1.165) is 29.5 Å². The fraction of sp³-hybridized carbons (Fsp3) is 0.474. The Morgan fingerprint density at radius 2 is 1.85 bits per heavy atom. The number of hydrogen-bond donors (Lipinski definition) is 0. The van der Waals surface area contributed by atoms with E-state index in [1.807, 2.05) is 23.0 Å². The van der Waals surface area contributed by atoms with Gasteiger partial charge in [0.1, 0.15) is 6.73 Å². The Kier molecular flexibility index (Phi) is 7.13. The van der Waals surface area contributed by atoms with E-state index in [9.17, 15) is 4.79 Å². The van der Waals surface area contributed by atoms with Gasteiger partial charge in [-0.15, -0.1) is 0 Å². The highest BCUT2D eigenvalue weighted by molar-refractivity contribution is 6.76. The van der Waals surface area contributed by atoms with Gasteiger partial charge in [0, 0.05) is 27.4 Å². The van der Waals surface area contributed by atoms with Gasteiger partial charge < -0.3 is 14.2 Å². The highest BCUT2D eigenvalue weighted by Crippen LogP contribution is 2.25. The molecule has 26 heavy (non-hydrogen) atoms. The molecule has 0 spiro atoms. The van der Waals surface area contributed by atoms with Crippen LogP contribution in [0.5, 0.6) is 0 Å². The molecule has 0 bridgehead atoms. The third-order valence-electron chi connectivity index (χ3n) is 4.06. The summed E-state index contributed by atoms with van der Waals surface area (Å²) in [4.78, 5) is 11.6. The van der Waals surface area contributed by atoms with E-state index < -0.39 is 8.07 Å². The molecule has 2 aromatic rings. The Morgan fingerprint density at radius 1 is 1.15 bits per heavy atom. The van der Waals surface area contributed by atoms with Crippen molar-refractivity contribution in [3.8, 4) is 11.1 Å². The van der Waals surface area contributed by atoms with Crippen LogP contribution in [0.15, 0.2) is 30.5 Å². The summed E-state index contributed by atoms with van der Waals surface area (Å²) in [5, 5.41) is 4.45. The molecule has 0 unspecified atom stereocenters. The maximum atomic E-state index is 11.6. The van der Waals surface area contributed by atoms with E-state index in [1.165, 1.54) is 7.11 Å². The molecule has 6 nitrogen and oxygen atoms in total. The molecule has 1 heterocycles. The monoisotopic (exact) mass is 376 g/mol. The molecule has 0 aliphatic rings. The third kappa shape index (κ3) is 5.52.